The van der Waals surface area contributed by atoms with Crippen molar-refractivity contribution in [2.45, 2.75) is 54.8 Å². The minimum atomic E-state index is -6.47. The molecule has 1 unspecified atom stereocenters. The standard InChI is InChI=1S/C12H22O32S7.7H3N/c13-6-4(1-35-45(14,15)16)38-11(9(43-50(29,30)31)8(6)42-49(26,27)28)40-12(3-37-47(20,21)22)10(44-51(32,33)34)7(41-48(23,24)25)5(39-12)2-36-46(17,18)19;;;;;;;/h4-11,13H,1-3H2,(H,14,15,16)(H,17,18,19)(H,20,21,22)(H,23,24,25)(H,26,27,28)(H,29,30,31)(H,32,33,34);7*1H3/t4-,5-,6-,7-,8+,9-,10+,11?,12+;;;;;;;/m1......./s1. The molecule has 39 nitrogen and oxygen atoms in total. The van der Waals surface area contributed by atoms with E-state index in [1.54, 1.807) is 0 Å². The molecule has 9 atom stereocenters. The first-order chi connectivity index (χ1) is 22.5. The summed E-state index contributed by atoms with van der Waals surface area (Å²) in [6.45, 7) is -6.26. The highest BCUT2D eigenvalue weighted by Crippen LogP contribution is 2.42. The topological polar surface area (TPSA) is 768 Å². The van der Waals surface area contributed by atoms with Gasteiger partial charge in [-0.25, -0.2) is 58.9 Å². The molecule has 360 valence electrons. The van der Waals surface area contributed by atoms with Crippen molar-refractivity contribution in [1.82, 2.24) is 43.1 Å². The summed E-state index contributed by atoms with van der Waals surface area (Å²) >= 11 is 0. The van der Waals surface area contributed by atoms with E-state index in [2.05, 4.69) is 29.3 Å². The highest BCUT2D eigenvalue weighted by Gasteiger charge is 2.64. The zero-order valence-corrected chi connectivity index (χ0v) is 35.9. The molecule has 0 bridgehead atoms. The van der Waals surface area contributed by atoms with Gasteiger partial charge in [-0.3, -0.25) is 29.3 Å². The van der Waals surface area contributed by atoms with E-state index < -0.39 is 147 Å². The van der Waals surface area contributed by atoms with Crippen molar-refractivity contribution in [3.05, 3.63) is 0 Å². The third-order valence-electron chi connectivity index (χ3n) is 5.45. The zero-order chi connectivity index (χ0) is 39.8. The molecule has 0 aliphatic carbocycles. The van der Waals surface area contributed by atoms with Crippen molar-refractivity contribution in [2.75, 3.05) is 19.8 Å². The summed E-state index contributed by atoms with van der Waals surface area (Å²) in [5, 5.41) is 10.5. The number of hydrogen-bond acceptors (Lipinski definition) is 32. The molecule has 2 aliphatic rings. The van der Waals surface area contributed by atoms with E-state index in [0.717, 1.165) is 0 Å². The van der Waals surface area contributed by atoms with Gasteiger partial charge in [0, 0.05) is 0 Å². The maximum Gasteiger partial charge on any atom is 0.227 e. The molecule has 2 aliphatic heterocycles. The Hall–Kier alpha value is -1.35. The van der Waals surface area contributed by atoms with Crippen molar-refractivity contribution in [3.8, 4) is 0 Å². The van der Waals surface area contributed by atoms with Crippen LogP contribution in [0.5, 0.6) is 0 Å². The molecule has 2 heterocycles. The van der Waals surface area contributed by atoms with Gasteiger partial charge < -0.3 is 94.2 Å². The first kappa shape index (κ1) is 68.4. The molecule has 0 saturated carbocycles. The highest BCUT2D eigenvalue weighted by molar-refractivity contribution is 7.82. The Kier molecular flexibility index (Phi) is 28.0. The Balaban J connectivity index is -0.000000966. The van der Waals surface area contributed by atoms with Gasteiger partial charge in [-0.1, -0.05) is 0 Å². The van der Waals surface area contributed by atoms with Gasteiger partial charge in [-0.2, -0.15) is 0 Å². The maximum atomic E-state index is 11.6. The summed E-state index contributed by atoms with van der Waals surface area (Å²) in [6, 6.07) is 0. The summed E-state index contributed by atoms with van der Waals surface area (Å²) in [6.07, 6.45) is -25.5. The van der Waals surface area contributed by atoms with Gasteiger partial charge in [0.15, 0.2) is 18.5 Å². The summed E-state index contributed by atoms with van der Waals surface area (Å²) in [5.74, 6) is -4.15. The van der Waals surface area contributed by atoms with Crippen LogP contribution in [0.3, 0.4) is 0 Å². The van der Waals surface area contributed by atoms with Gasteiger partial charge in [-0.15, -0.1) is 0 Å². The highest BCUT2D eigenvalue weighted by atomic mass is 32.3. The van der Waals surface area contributed by atoms with Crippen LogP contribution in [0.2, 0.25) is 0 Å². The second kappa shape index (κ2) is 23.8. The minimum Gasteiger partial charge on any atom is -0.726 e. The second-order valence-corrected chi connectivity index (χ2v) is 16.2. The van der Waals surface area contributed by atoms with E-state index in [0.29, 0.717) is 0 Å². The first-order valence-corrected chi connectivity index (χ1v) is 20.9. The van der Waals surface area contributed by atoms with E-state index >= 15 is 0 Å². The fraction of sp³-hybridized carbons (Fsp3) is 1.00. The van der Waals surface area contributed by atoms with Crippen LogP contribution in [0.1, 0.15) is 0 Å². The SMILES string of the molecule is O=S(=O)([O-])OC[C@H]1OC(O[C@]2(COS(=O)(=O)[O-])O[C@H](COS(=O)(=O)[O-])[C@@H](OS(=O)(=O)[O-])[C@@H]2OS(=O)(=O)[O-])[C@H](OS(=O)(=O)[O-])[C@@H](OS(=O)(=O)[O-])[C@@H]1O.[NH4+].[NH4+].[NH4+].[NH4+].[NH4+].[NH4+].[NH4+]. The van der Waals surface area contributed by atoms with Crippen LogP contribution >= 0.6 is 0 Å². The van der Waals surface area contributed by atoms with Crippen LogP contribution in [0, 0.1) is 0 Å². The third kappa shape index (κ3) is 23.6. The third-order valence-corrected chi connectivity index (χ3v) is 8.52. The summed E-state index contributed by atoms with van der Waals surface area (Å²) in [7, 11) is -43.4. The van der Waals surface area contributed by atoms with E-state index in [1.807, 2.05) is 0 Å². The predicted molar refractivity (Wildman–Crippen MR) is 170 cm³/mol. The van der Waals surface area contributed by atoms with Crippen molar-refractivity contribution in [2.24, 2.45) is 0 Å². The van der Waals surface area contributed by atoms with Crippen LogP contribution < -0.4 is 43.1 Å². The summed E-state index contributed by atoms with van der Waals surface area (Å²) in [5.41, 5.74) is 0. The average molecular weight is 1020 g/mol. The van der Waals surface area contributed by atoms with E-state index in [4.69, 9.17) is 14.2 Å². The van der Waals surface area contributed by atoms with Crippen molar-refractivity contribution in [1.29, 1.82) is 0 Å². The molecular formula is C12H43N7O32S7. The number of ether oxygens (including phenoxy) is 3. The second-order valence-electron chi connectivity index (χ2n) is 9.01. The molecule has 29 N–H and O–H groups in total. The van der Waals surface area contributed by atoms with Crippen LogP contribution in [0.15, 0.2) is 0 Å². The lowest BCUT2D eigenvalue weighted by Gasteiger charge is -2.46. The fourth-order valence-corrected chi connectivity index (χ4v) is 6.86. The Labute approximate surface area is 328 Å². The molecule has 0 radical (unpaired) electrons. The molecule has 2 rings (SSSR count). The number of aliphatic hydroxyl groups excluding tert-OH is 1. The molecule has 2 saturated heterocycles. The van der Waals surface area contributed by atoms with Crippen LogP contribution in [-0.4, -0.2) is 171 Å². The lowest BCUT2D eigenvalue weighted by molar-refractivity contribution is -0.375. The number of rotatable bonds is 19. The number of hydrogen-bond donors (Lipinski definition) is 8. The van der Waals surface area contributed by atoms with Gasteiger partial charge in [0.2, 0.25) is 78.6 Å². The van der Waals surface area contributed by atoms with E-state index in [-0.39, 0.29) is 43.1 Å². The van der Waals surface area contributed by atoms with Gasteiger partial charge in [0.1, 0.15) is 37.1 Å². The van der Waals surface area contributed by atoms with Crippen LogP contribution in [0.4, 0.5) is 0 Å². The smallest absolute Gasteiger partial charge is 0.227 e. The molecule has 0 aromatic rings. The quantitative estimate of drug-likeness (QED) is 0.0441. The lowest BCUT2D eigenvalue weighted by atomic mass is 9.99. The molecule has 0 spiro atoms. The monoisotopic (exact) mass is 1020 g/mol. The Morgan fingerprint density at radius 3 is 1.17 bits per heavy atom. The Morgan fingerprint density at radius 2 is 0.810 bits per heavy atom. The van der Waals surface area contributed by atoms with Crippen LogP contribution in [0.25, 0.3) is 0 Å². The van der Waals surface area contributed by atoms with Crippen molar-refractivity contribution < 1.29 is 139 Å². The molecule has 0 aromatic carbocycles. The summed E-state index contributed by atoms with van der Waals surface area (Å²) in [4.78, 5) is 0. The average Bonchev–Trinajstić information content (AvgIpc) is 3.11. The fourth-order valence-electron chi connectivity index (χ4n) is 3.97. The summed E-state index contributed by atoms with van der Waals surface area (Å²) < 4.78 is 280. The van der Waals surface area contributed by atoms with E-state index in [1.165, 1.54) is 0 Å². The number of aliphatic hydroxyl groups is 1. The molecule has 46 heteroatoms. The Bertz CT molecular complexity index is 2050. The van der Waals surface area contributed by atoms with Crippen LogP contribution in [-0.2, 0) is 116 Å². The number of quaternary nitrogens is 7. The molecule has 0 amide bonds. The van der Waals surface area contributed by atoms with Gasteiger partial charge in [0.25, 0.3) is 0 Å². The molecule has 0 aromatic heterocycles. The largest absolute Gasteiger partial charge is 0.726 e. The zero-order valence-electron chi connectivity index (χ0n) is 30.2. The van der Waals surface area contributed by atoms with Gasteiger partial charge >= 0.3 is 0 Å². The lowest BCUT2D eigenvalue weighted by Crippen LogP contribution is -2.65. The molecular weight excluding hydrogens is 979 g/mol. The maximum absolute atomic E-state index is 11.6. The van der Waals surface area contributed by atoms with Crippen molar-refractivity contribution in [3.63, 3.8) is 0 Å². The molecule has 2 fully saturated rings. The van der Waals surface area contributed by atoms with Crippen molar-refractivity contribution >= 4 is 72.8 Å². The minimum absolute atomic E-state index is 0. The predicted octanol–water partition coefficient (Wildman–Crippen LogP) is -6.37. The first-order valence-electron chi connectivity index (χ1n) is 11.5. The molecule has 58 heavy (non-hydrogen) atoms. The Morgan fingerprint density at radius 1 is 0.466 bits per heavy atom. The van der Waals surface area contributed by atoms with Gasteiger partial charge in [-0.05, 0) is 0 Å². The van der Waals surface area contributed by atoms with E-state index in [9.17, 15) is 95.9 Å². The van der Waals surface area contributed by atoms with Gasteiger partial charge in [0.05, 0.1) is 13.2 Å². The normalized spacial score (nSPS) is 28.0.